The van der Waals surface area contributed by atoms with E-state index >= 15 is 0 Å². The summed E-state index contributed by atoms with van der Waals surface area (Å²) in [7, 11) is 2.18. The van der Waals surface area contributed by atoms with Crippen molar-refractivity contribution in [2.24, 2.45) is 0 Å². The second kappa shape index (κ2) is 4.92. The summed E-state index contributed by atoms with van der Waals surface area (Å²) in [5.74, 6) is 0. The minimum atomic E-state index is 0.807. The van der Waals surface area contributed by atoms with Crippen LogP contribution >= 0.6 is 11.6 Å². The first-order valence-corrected chi connectivity index (χ1v) is 6.76. The van der Waals surface area contributed by atoms with Gasteiger partial charge in [-0.05, 0) is 30.8 Å². The molecule has 1 N–H and O–H groups in total. The van der Waals surface area contributed by atoms with Gasteiger partial charge in [0.2, 0.25) is 0 Å². The Kier molecular flexibility index (Phi) is 3.29. The van der Waals surface area contributed by atoms with Crippen LogP contribution in [0.5, 0.6) is 0 Å². The van der Waals surface area contributed by atoms with E-state index in [4.69, 9.17) is 11.6 Å². The van der Waals surface area contributed by atoms with Crippen LogP contribution in [-0.2, 0) is 6.54 Å². The first-order valence-electron chi connectivity index (χ1n) is 6.39. The van der Waals surface area contributed by atoms with Crippen molar-refractivity contribution in [3.63, 3.8) is 0 Å². The maximum absolute atomic E-state index is 6.08. The van der Waals surface area contributed by atoms with Crippen molar-refractivity contribution < 1.29 is 0 Å². The third-order valence-electron chi connectivity index (χ3n) is 3.72. The van der Waals surface area contributed by atoms with Gasteiger partial charge in [-0.1, -0.05) is 11.6 Å². The van der Waals surface area contributed by atoms with Crippen LogP contribution in [0, 0.1) is 0 Å². The molecule has 1 aromatic heterocycles. The largest absolute Gasteiger partial charge is 0.361 e. The molecule has 1 aromatic carbocycles. The zero-order chi connectivity index (χ0) is 12.5. The Morgan fingerprint density at radius 1 is 1.22 bits per heavy atom. The zero-order valence-corrected chi connectivity index (χ0v) is 11.4. The molecule has 0 bridgehead atoms. The van der Waals surface area contributed by atoms with E-state index in [0.717, 1.165) is 37.7 Å². The van der Waals surface area contributed by atoms with E-state index in [-0.39, 0.29) is 0 Å². The molecule has 2 heterocycles. The van der Waals surface area contributed by atoms with E-state index < -0.39 is 0 Å². The van der Waals surface area contributed by atoms with Gasteiger partial charge in [-0.3, -0.25) is 4.90 Å². The standard InChI is InChI=1S/C14H18ClN3/c1-17-4-6-18(7-5-17)10-11-9-16-14-3-2-12(15)8-13(11)14/h2-3,8-9,16H,4-7,10H2,1H3. The molecule has 0 radical (unpaired) electrons. The fraction of sp³-hybridized carbons (Fsp3) is 0.429. The van der Waals surface area contributed by atoms with E-state index in [1.165, 1.54) is 16.5 Å². The number of likely N-dealkylation sites (N-methyl/N-ethyl adjacent to an activating group) is 1. The summed E-state index contributed by atoms with van der Waals surface area (Å²) < 4.78 is 0. The predicted molar refractivity (Wildman–Crippen MR) is 76.1 cm³/mol. The third kappa shape index (κ3) is 2.39. The fourth-order valence-corrected chi connectivity index (χ4v) is 2.70. The van der Waals surface area contributed by atoms with E-state index in [9.17, 15) is 0 Å². The van der Waals surface area contributed by atoms with Crippen LogP contribution in [0.4, 0.5) is 0 Å². The second-order valence-corrected chi connectivity index (χ2v) is 5.52. The van der Waals surface area contributed by atoms with Crippen LogP contribution in [-0.4, -0.2) is 48.0 Å². The van der Waals surface area contributed by atoms with Gasteiger partial charge in [0.1, 0.15) is 0 Å². The number of hydrogen-bond acceptors (Lipinski definition) is 2. The van der Waals surface area contributed by atoms with Crippen molar-refractivity contribution >= 4 is 22.5 Å². The molecule has 0 saturated carbocycles. The van der Waals surface area contributed by atoms with Crippen molar-refractivity contribution in [1.29, 1.82) is 0 Å². The lowest BCUT2D eigenvalue weighted by Crippen LogP contribution is -2.43. The van der Waals surface area contributed by atoms with Crippen LogP contribution < -0.4 is 0 Å². The van der Waals surface area contributed by atoms with Crippen molar-refractivity contribution in [2.45, 2.75) is 6.54 Å². The average molecular weight is 264 g/mol. The predicted octanol–water partition coefficient (Wildman–Crippen LogP) is 2.57. The molecule has 0 amide bonds. The van der Waals surface area contributed by atoms with Gasteiger partial charge in [-0.25, -0.2) is 0 Å². The molecule has 18 heavy (non-hydrogen) atoms. The molecule has 1 fully saturated rings. The number of H-pyrrole nitrogens is 1. The number of nitrogens with one attached hydrogen (secondary N) is 1. The van der Waals surface area contributed by atoms with E-state index in [0.29, 0.717) is 0 Å². The molecule has 96 valence electrons. The van der Waals surface area contributed by atoms with Gasteiger partial charge in [-0.2, -0.15) is 0 Å². The molecule has 1 aliphatic heterocycles. The molecular weight excluding hydrogens is 246 g/mol. The number of nitrogens with zero attached hydrogens (tertiary/aromatic N) is 2. The topological polar surface area (TPSA) is 22.3 Å². The fourth-order valence-electron chi connectivity index (χ4n) is 2.53. The number of fused-ring (bicyclic) bond motifs is 1. The lowest BCUT2D eigenvalue weighted by Gasteiger charge is -2.32. The molecule has 3 rings (SSSR count). The number of aromatic amines is 1. The van der Waals surface area contributed by atoms with Gasteiger partial charge in [-0.15, -0.1) is 0 Å². The Morgan fingerprint density at radius 2 is 2.00 bits per heavy atom. The van der Waals surface area contributed by atoms with Crippen LogP contribution in [0.1, 0.15) is 5.56 Å². The molecule has 0 spiro atoms. The minimum absolute atomic E-state index is 0.807. The molecule has 0 unspecified atom stereocenters. The minimum Gasteiger partial charge on any atom is -0.361 e. The van der Waals surface area contributed by atoms with Gasteiger partial charge in [0.15, 0.2) is 0 Å². The molecule has 0 atom stereocenters. The number of hydrogen-bond donors (Lipinski definition) is 1. The summed E-state index contributed by atoms with van der Waals surface area (Å²) in [6.07, 6.45) is 2.11. The molecule has 1 saturated heterocycles. The third-order valence-corrected chi connectivity index (χ3v) is 3.95. The summed E-state index contributed by atoms with van der Waals surface area (Å²) in [4.78, 5) is 8.20. The van der Waals surface area contributed by atoms with Crippen LogP contribution in [0.25, 0.3) is 10.9 Å². The van der Waals surface area contributed by atoms with Gasteiger partial charge >= 0.3 is 0 Å². The normalized spacial score (nSPS) is 18.6. The van der Waals surface area contributed by atoms with Gasteiger partial charge in [0.05, 0.1) is 0 Å². The van der Waals surface area contributed by atoms with Gasteiger partial charge in [0, 0.05) is 54.8 Å². The maximum atomic E-state index is 6.08. The van der Waals surface area contributed by atoms with Crippen LogP contribution in [0.2, 0.25) is 5.02 Å². The number of aromatic nitrogens is 1. The Morgan fingerprint density at radius 3 is 2.78 bits per heavy atom. The van der Waals surface area contributed by atoms with Crippen molar-refractivity contribution in [3.8, 4) is 0 Å². The van der Waals surface area contributed by atoms with Crippen LogP contribution in [0.15, 0.2) is 24.4 Å². The SMILES string of the molecule is CN1CCN(Cc2c[nH]c3ccc(Cl)cc23)CC1. The monoisotopic (exact) mass is 263 g/mol. The Bertz CT molecular complexity index is 541. The quantitative estimate of drug-likeness (QED) is 0.900. The number of benzene rings is 1. The highest BCUT2D eigenvalue weighted by molar-refractivity contribution is 6.31. The molecule has 1 aliphatic rings. The van der Waals surface area contributed by atoms with E-state index in [1.54, 1.807) is 0 Å². The molecular formula is C14H18ClN3. The van der Waals surface area contributed by atoms with Crippen molar-refractivity contribution in [3.05, 3.63) is 35.0 Å². The maximum Gasteiger partial charge on any atom is 0.0458 e. The van der Waals surface area contributed by atoms with Gasteiger partial charge < -0.3 is 9.88 Å². The van der Waals surface area contributed by atoms with Crippen molar-refractivity contribution in [1.82, 2.24) is 14.8 Å². The number of piperazine rings is 1. The highest BCUT2D eigenvalue weighted by Crippen LogP contribution is 2.23. The lowest BCUT2D eigenvalue weighted by atomic mass is 10.1. The number of halogens is 1. The Balaban J connectivity index is 1.80. The smallest absolute Gasteiger partial charge is 0.0458 e. The first-order chi connectivity index (χ1) is 8.72. The Hall–Kier alpha value is -1.03. The molecule has 4 heteroatoms. The van der Waals surface area contributed by atoms with E-state index in [2.05, 4.69) is 34.1 Å². The lowest BCUT2D eigenvalue weighted by molar-refractivity contribution is 0.148. The summed E-state index contributed by atoms with van der Waals surface area (Å²) >= 11 is 6.08. The van der Waals surface area contributed by atoms with Gasteiger partial charge in [0.25, 0.3) is 0 Å². The summed E-state index contributed by atoms with van der Waals surface area (Å²) in [5.41, 5.74) is 2.51. The highest BCUT2D eigenvalue weighted by Gasteiger charge is 2.15. The number of rotatable bonds is 2. The Labute approximate surface area is 112 Å². The van der Waals surface area contributed by atoms with Crippen LogP contribution in [0.3, 0.4) is 0 Å². The molecule has 0 aliphatic carbocycles. The summed E-state index contributed by atoms with van der Waals surface area (Å²) in [5, 5.41) is 2.06. The van der Waals surface area contributed by atoms with Crippen molar-refractivity contribution in [2.75, 3.05) is 33.2 Å². The van der Waals surface area contributed by atoms with E-state index in [1.807, 2.05) is 12.1 Å². The summed E-state index contributed by atoms with van der Waals surface area (Å²) in [6, 6.07) is 6.03. The average Bonchev–Trinajstić information content (AvgIpc) is 2.75. The first kappa shape index (κ1) is 12.0. The molecule has 2 aromatic rings. The summed E-state index contributed by atoms with van der Waals surface area (Å²) in [6.45, 7) is 5.61. The highest BCUT2D eigenvalue weighted by atomic mass is 35.5. The second-order valence-electron chi connectivity index (χ2n) is 5.08. The zero-order valence-electron chi connectivity index (χ0n) is 10.6. The molecule has 3 nitrogen and oxygen atoms in total.